The van der Waals surface area contributed by atoms with Gasteiger partial charge in [0.15, 0.2) is 0 Å². The summed E-state index contributed by atoms with van der Waals surface area (Å²) in [7, 11) is 0. The fraction of sp³-hybridized carbons (Fsp3) is 0.556. The fourth-order valence-corrected chi connectivity index (χ4v) is 3.04. The van der Waals surface area contributed by atoms with Crippen molar-refractivity contribution in [3.05, 3.63) is 29.8 Å². The molecule has 1 atom stereocenters. The Morgan fingerprint density at radius 1 is 1.30 bits per heavy atom. The van der Waals surface area contributed by atoms with Gasteiger partial charge >= 0.3 is 5.97 Å². The van der Waals surface area contributed by atoms with Crippen molar-refractivity contribution in [2.24, 2.45) is 5.92 Å². The van der Waals surface area contributed by atoms with Crippen molar-refractivity contribution in [1.29, 1.82) is 0 Å². The largest absolute Gasteiger partial charge is 0.480 e. The van der Waals surface area contributed by atoms with Gasteiger partial charge in [-0.1, -0.05) is 32.0 Å². The second-order valence-corrected chi connectivity index (χ2v) is 6.56. The van der Waals surface area contributed by atoms with Gasteiger partial charge in [0.1, 0.15) is 6.04 Å². The zero-order chi connectivity index (χ0) is 16.8. The van der Waals surface area contributed by atoms with Crippen molar-refractivity contribution in [2.45, 2.75) is 45.6 Å². The number of carbonyl (C=O) groups is 2. The highest BCUT2D eigenvalue weighted by molar-refractivity contribution is 5.83. The van der Waals surface area contributed by atoms with Crippen LogP contribution in [0.2, 0.25) is 0 Å². The van der Waals surface area contributed by atoms with Gasteiger partial charge in [0, 0.05) is 25.2 Å². The molecule has 0 saturated heterocycles. The normalized spacial score (nSPS) is 15.2. The number of aliphatic carboxylic acids is 1. The van der Waals surface area contributed by atoms with Gasteiger partial charge in [-0.05, 0) is 36.8 Å². The first-order valence-corrected chi connectivity index (χ1v) is 8.32. The van der Waals surface area contributed by atoms with E-state index < -0.39 is 12.0 Å². The number of para-hydroxylation sites is 1. The molecule has 1 aliphatic rings. The van der Waals surface area contributed by atoms with E-state index >= 15 is 0 Å². The smallest absolute Gasteiger partial charge is 0.326 e. The Balaban J connectivity index is 1.88. The number of nitrogens with zero attached hydrogens (tertiary/aromatic N) is 1. The van der Waals surface area contributed by atoms with Crippen LogP contribution in [-0.2, 0) is 16.0 Å². The fourth-order valence-electron chi connectivity index (χ4n) is 3.04. The second kappa shape index (κ2) is 7.99. The topological polar surface area (TPSA) is 69.6 Å². The lowest BCUT2D eigenvalue weighted by atomic mass is 10.0. The molecule has 2 N–H and O–H groups in total. The highest BCUT2D eigenvalue weighted by Crippen LogP contribution is 2.26. The van der Waals surface area contributed by atoms with E-state index in [1.54, 1.807) is 0 Å². The number of carboxylic acids is 1. The lowest BCUT2D eigenvalue weighted by Crippen LogP contribution is -2.43. The average molecular weight is 318 g/mol. The van der Waals surface area contributed by atoms with Crippen LogP contribution in [0.3, 0.4) is 0 Å². The van der Waals surface area contributed by atoms with Crippen LogP contribution in [0, 0.1) is 5.92 Å². The first-order chi connectivity index (χ1) is 11.0. The minimum Gasteiger partial charge on any atom is -0.480 e. The van der Waals surface area contributed by atoms with Crippen molar-refractivity contribution >= 4 is 17.6 Å². The van der Waals surface area contributed by atoms with Gasteiger partial charge in [0.2, 0.25) is 5.91 Å². The minimum atomic E-state index is -0.963. The number of amides is 1. The highest BCUT2D eigenvalue weighted by atomic mass is 16.4. The monoisotopic (exact) mass is 318 g/mol. The number of hydrogen-bond donors (Lipinski definition) is 2. The van der Waals surface area contributed by atoms with E-state index in [1.807, 2.05) is 26.0 Å². The minimum absolute atomic E-state index is 0.193. The van der Waals surface area contributed by atoms with Crippen LogP contribution >= 0.6 is 0 Å². The molecule has 0 bridgehead atoms. The third-order valence-corrected chi connectivity index (χ3v) is 4.16. The predicted molar refractivity (Wildman–Crippen MR) is 90.6 cm³/mol. The number of rotatable bonds is 7. The third kappa shape index (κ3) is 4.98. The van der Waals surface area contributed by atoms with Crippen molar-refractivity contribution in [3.8, 4) is 0 Å². The van der Waals surface area contributed by atoms with Crippen LogP contribution in [0.5, 0.6) is 0 Å². The average Bonchev–Trinajstić information content (AvgIpc) is 2.51. The number of nitrogens with one attached hydrogen (secondary N) is 1. The maximum atomic E-state index is 12.1. The number of benzene rings is 1. The Kier molecular flexibility index (Phi) is 6.02. The standard InChI is InChI=1S/C18H26N2O3/c1-13(2)12-15(18(22)23)19-17(21)9-11-20-10-5-7-14-6-3-4-8-16(14)20/h3-4,6,8,13,15H,5,7,9-12H2,1-2H3,(H,19,21)(H,22,23). The van der Waals surface area contributed by atoms with Gasteiger partial charge in [-0.25, -0.2) is 4.79 Å². The molecule has 1 aromatic rings. The molecule has 2 rings (SSSR count). The van der Waals surface area contributed by atoms with Crippen molar-refractivity contribution in [1.82, 2.24) is 5.32 Å². The van der Waals surface area contributed by atoms with Crippen LogP contribution in [0.15, 0.2) is 24.3 Å². The molecule has 1 aromatic carbocycles. The van der Waals surface area contributed by atoms with Crippen LogP contribution < -0.4 is 10.2 Å². The summed E-state index contributed by atoms with van der Waals surface area (Å²) in [5.41, 5.74) is 2.52. The van der Waals surface area contributed by atoms with E-state index in [9.17, 15) is 14.7 Å². The summed E-state index contributed by atoms with van der Waals surface area (Å²) >= 11 is 0. The van der Waals surface area contributed by atoms with E-state index in [2.05, 4.69) is 22.3 Å². The molecule has 0 radical (unpaired) electrons. The molecule has 0 saturated carbocycles. The predicted octanol–water partition coefficient (Wildman–Crippen LogP) is 2.44. The van der Waals surface area contributed by atoms with Crippen molar-refractivity contribution in [2.75, 3.05) is 18.0 Å². The van der Waals surface area contributed by atoms with Gasteiger partial charge in [-0.2, -0.15) is 0 Å². The van der Waals surface area contributed by atoms with E-state index in [-0.39, 0.29) is 11.8 Å². The van der Waals surface area contributed by atoms with E-state index in [0.717, 1.165) is 19.4 Å². The molecule has 0 aromatic heterocycles. The molecule has 1 amide bonds. The Bertz CT molecular complexity index is 557. The van der Waals surface area contributed by atoms with Gasteiger partial charge in [0.25, 0.3) is 0 Å². The maximum absolute atomic E-state index is 12.1. The van der Waals surface area contributed by atoms with Gasteiger partial charge in [-0.3, -0.25) is 4.79 Å². The summed E-state index contributed by atoms with van der Waals surface area (Å²) in [5, 5.41) is 11.8. The van der Waals surface area contributed by atoms with Crippen LogP contribution in [-0.4, -0.2) is 36.1 Å². The molecule has 126 valence electrons. The Morgan fingerprint density at radius 3 is 2.74 bits per heavy atom. The van der Waals surface area contributed by atoms with Crippen LogP contribution in [0.25, 0.3) is 0 Å². The Morgan fingerprint density at radius 2 is 2.04 bits per heavy atom. The summed E-state index contributed by atoms with van der Waals surface area (Å²) in [6.07, 6.45) is 2.93. The quantitative estimate of drug-likeness (QED) is 0.810. The molecular weight excluding hydrogens is 292 g/mol. The molecule has 5 nitrogen and oxygen atoms in total. The molecule has 23 heavy (non-hydrogen) atoms. The zero-order valence-electron chi connectivity index (χ0n) is 13.9. The van der Waals surface area contributed by atoms with E-state index in [4.69, 9.17) is 0 Å². The summed E-state index contributed by atoms with van der Waals surface area (Å²) in [6, 6.07) is 7.48. The van der Waals surface area contributed by atoms with Crippen molar-refractivity contribution in [3.63, 3.8) is 0 Å². The molecule has 5 heteroatoms. The van der Waals surface area contributed by atoms with Gasteiger partial charge < -0.3 is 15.3 Å². The molecular formula is C18H26N2O3. The number of carbonyl (C=O) groups excluding carboxylic acids is 1. The Hall–Kier alpha value is -2.04. The lowest BCUT2D eigenvalue weighted by molar-refractivity contribution is -0.142. The Labute approximate surface area is 137 Å². The van der Waals surface area contributed by atoms with E-state index in [1.165, 1.54) is 11.3 Å². The number of carboxylic acid groups (broad SMARTS) is 1. The van der Waals surface area contributed by atoms with Crippen molar-refractivity contribution < 1.29 is 14.7 Å². The number of aryl methyl sites for hydroxylation is 1. The third-order valence-electron chi connectivity index (χ3n) is 4.16. The molecule has 1 unspecified atom stereocenters. The molecule has 1 aliphatic heterocycles. The molecule has 0 aliphatic carbocycles. The first kappa shape index (κ1) is 17.3. The van der Waals surface area contributed by atoms with Gasteiger partial charge in [-0.15, -0.1) is 0 Å². The number of hydrogen-bond acceptors (Lipinski definition) is 3. The summed E-state index contributed by atoms with van der Waals surface area (Å²) in [5.74, 6) is -0.929. The van der Waals surface area contributed by atoms with Crippen LogP contribution in [0.4, 0.5) is 5.69 Å². The molecule has 0 fully saturated rings. The summed E-state index contributed by atoms with van der Waals surface area (Å²) in [6.45, 7) is 5.47. The number of anilines is 1. The van der Waals surface area contributed by atoms with E-state index in [0.29, 0.717) is 19.4 Å². The molecule has 0 spiro atoms. The number of fused-ring (bicyclic) bond motifs is 1. The SMILES string of the molecule is CC(C)CC(NC(=O)CCN1CCCc2ccccc21)C(=O)O. The lowest BCUT2D eigenvalue weighted by Gasteiger charge is -2.31. The summed E-state index contributed by atoms with van der Waals surface area (Å²) in [4.78, 5) is 25.5. The van der Waals surface area contributed by atoms with Gasteiger partial charge in [0.05, 0.1) is 0 Å². The van der Waals surface area contributed by atoms with Crippen LogP contribution in [0.1, 0.15) is 38.7 Å². The second-order valence-electron chi connectivity index (χ2n) is 6.56. The highest BCUT2D eigenvalue weighted by Gasteiger charge is 2.22. The first-order valence-electron chi connectivity index (χ1n) is 8.32. The summed E-state index contributed by atoms with van der Waals surface area (Å²) < 4.78 is 0. The zero-order valence-corrected chi connectivity index (χ0v) is 13.9. The maximum Gasteiger partial charge on any atom is 0.326 e. The molecule has 1 heterocycles.